The Morgan fingerprint density at radius 3 is 1.79 bits per heavy atom. The maximum atomic E-state index is 3.60. The van der Waals surface area contributed by atoms with E-state index in [-0.39, 0.29) is 0 Å². The van der Waals surface area contributed by atoms with E-state index in [1.54, 1.807) is 0 Å². The molecule has 0 rings (SSSR count). The molecule has 0 aromatic heterocycles. The van der Waals surface area contributed by atoms with Crippen molar-refractivity contribution in [3.05, 3.63) is 0 Å². The third-order valence-electron chi connectivity index (χ3n) is 3.93. The summed E-state index contributed by atoms with van der Waals surface area (Å²) in [5.41, 5.74) is 0.513. The quantitative estimate of drug-likeness (QED) is 0.657. The minimum absolute atomic E-state index is 0.513. The van der Waals surface area contributed by atoms with E-state index >= 15 is 0 Å². The van der Waals surface area contributed by atoms with Crippen molar-refractivity contribution in [1.29, 1.82) is 0 Å². The Kier molecular flexibility index (Phi) is 6.43. The van der Waals surface area contributed by atoms with Crippen LogP contribution in [0.25, 0.3) is 0 Å². The first-order chi connectivity index (χ1) is 6.52. The van der Waals surface area contributed by atoms with Crippen molar-refractivity contribution >= 4 is 0 Å². The second-order valence-electron chi connectivity index (χ2n) is 4.91. The second-order valence-corrected chi connectivity index (χ2v) is 4.91. The van der Waals surface area contributed by atoms with Crippen LogP contribution in [-0.4, -0.2) is 12.6 Å². The molecule has 0 fully saturated rings. The summed E-state index contributed by atoms with van der Waals surface area (Å²) in [6, 6.07) is 0.608. The Morgan fingerprint density at radius 2 is 1.50 bits per heavy atom. The maximum absolute atomic E-state index is 3.60. The molecular weight excluding hydrogens is 170 g/mol. The molecule has 1 N–H and O–H groups in total. The lowest BCUT2D eigenvalue weighted by atomic mass is 9.71. The molecule has 0 saturated carbocycles. The fourth-order valence-corrected chi connectivity index (χ4v) is 2.21. The summed E-state index contributed by atoms with van der Waals surface area (Å²) >= 11 is 0. The van der Waals surface area contributed by atoms with Gasteiger partial charge in [0.2, 0.25) is 0 Å². The molecule has 0 spiro atoms. The van der Waals surface area contributed by atoms with Crippen molar-refractivity contribution in [3.8, 4) is 0 Å². The summed E-state index contributed by atoms with van der Waals surface area (Å²) in [5, 5.41) is 3.60. The lowest BCUT2D eigenvalue weighted by molar-refractivity contribution is 0.143. The number of rotatable bonds is 7. The molecule has 86 valence electrons. The largest absolute Gasteiger partial charge is 0.314 e. The van der Waals surface area contributed by atoms with E-state index in [2.05, 4.69) is 46.9 Å². The van der Waals surface area contributed by atoms with Crippen LogP contribution >= 0.6 is 0 Å². The van der Waals surface area contributed by atoms with Crippen molar-refractivity contribution in [2.24, 2.45) is 11.3 Å². The van der Waals surface area contributed by atoms with Crippen LogP contribution in [0.4, 0.5) is 0 Å². The van der Waals surface area contributed by atoms with Gasteiger partial charge < -0.3 is 5.32 Å². The van der Waals surface area contributed by atoms with E-state index in [1.807, 2.05) is 0 Å². The zero-order valence-corrected chi connectivity index (χ0v) is 11.0. The Bertz CT molecular complexity index is 136. The fraction of sp³-hybridized carbons (Fsp3) is 1.00. The average Bonchev–Trinajstić information content (AvgIpc) is 2.19. The fourth-order valence-electron chi connectivity index (χ4n) is 2.21. The summed E-state index contributed by atoms with van der Waals surface area (Å²) in [4.78, 5) is 0. The molecule has 1 unspecified atom stereocenters. The van der Waals surface area contributed by atoms with Gasteiger partial charge >= 0.3 is 0 Å². The second kappa shape index (κ2) is 6.44. The van der Waals surface area contributed by atoms with Gasteiger partial charge in [0.05, 0.1) is 0 Å². The first-order valence-corrected chi connectivity index (χ1v) is 6.25. The minimum atomic E-state index is 0.513. The minimum Gasteiger partial charge on any atom is -0.314 e. The van der Waals surface area contributed by atoms with Crippen LogP contribution < -0.4 is 5.32 Å². The van der Waals surface area contributed by atoms with Gasteiger partial charge in [-0.3, -0.25) is 0 Å². The Morgan fingerprint density at radius 1 is 1.00 bits per heavy atom. The van der Waals surface area contributed by atoms with Gasteiger partial charge in [0.25, 0.3) is 0 Å². The molecule has 0 saturated heterocycles. The predicted octanol–water partition coefficient (Wildman–Crippen LogP) is 3.84. The average molecular weight is 199 g/mol. The monoisotopic (exact) mass is 199 g/mol. The van der Waals surface area contributed by atoms with Crippen LogP contribution in [0.15, 0.2) is 0 Å². The van der Waals surface area contributed by atoms with Crippen LogP contribution in [0.5, 0.6) is 0 Å². The van der Waals surface area contributed by atoms with Crippen LogP contribution in [0.2, 0.25) is 0 Å². The zero-order chi connectivity index (χ0) is 11.2. The van der Waals surface area contributed by atoms with Gasteiger partial charge in [0, 0.05) is 12.6 Å². The van der Waals surface area contributed by atoms with E-state index < -0.39 is 0 Å². The van der Waals surface area contributed by atoms with Gasteiger partial charge in [0.1, 0.15) is 0 Å². The Labute approximate surface area is 90.7 Å². The summed E-state index contributed by atoms with van der Waals surface area (Å²) in [6.45, 7) is 15.0. The van der Waals surface area contributed by atoms with Crippen LogP contribution in [-0.2, 0) is 0 Å². The van der Waals surface area contributed by atoms with Gasteiger partial charge in [-0.2, -0.15) is 0 Å². The van der Waals surface area contributed by atoms with Crippen molar-refractivity contribution in [2.45, 2.75) is 66.8 Å². The molecule has 0 aliphatic rings. The molecule has 0 amide bonds. The molecule has 14 heavy (non-hydrogen) atoms. The number of nitrogens with one attached hydrogen (secondary N) is 1. The van der Waals surface area contributed by atoms with E-state index in [0.717, 1.165) is 5.92 Å². The molecule has 0 radical (unpaired) electrons. The molecule has 0 aliphatic carbocycles. The summed E-state index contributed by atoms with van der Waals surface area (Å²) in [7, 11) is 0. The summed E-state index contributed by atoms with van der Waals surface area (Å²) in [5.74, 6) is 0.823. The van der Waals surface area contributed by atoms with Gasteiger partial charge in [-0.15, -0.1) is 0 Å². The lowest BCUT2D eigenvalue weighted by Crippen LogP contribution is -2.41. The predicted molar refractivity (Wildman–Crippen MR) is 65.6 cm³/mol. The Hall–Kier alpha value is -0.0400. The molecule has 0 bridgehead atoms. The number of hydrogen-bond acceptors (Lipinski definition) is 1. The van der Waals surface area contributed by atoms with Crippen molar-refractivity contribution in [1.82, 2.24) is 5.32 Å². The highest BCUT2D eigenvalue weighted by molar-refractivity contribution is 4.84. The van der Waals surface area contributed by atoms with Crippen LogP contribution in [0.1, 0.15) is 60.8 Å². The topological polar surface area (TPSA) is 12.0 Å². The summed E-state index contributed by atoms with van der Waals surface area (Å²) in [6.07, 6.45) is 3.87. The maximum Gasteiger partial charge on any atom is 0.00125 e. The van der Waals surface area contributed by atoms with E-state index in [1.165, 1.54) is 25.8 Å². The molecule has 0 aliphatic heterocycles. The SMILES string of the molecule is CCC(C)C(CC)(CC)CNC(C)C. The summed E-state index contributed by atoms with van der Waals surface area (Å²) < 4.78 is 0. The van der Waals surface area contributed by atoms with E-state index in [9.17, 15) is 0 Å². The first-order valence-electron chi connectivity index (χ1n) is 6.25. The lowest BCUT2D eigenvalue weighted by Gasteiger charge is -2.38. The van der Waals surface area contributed by atoms with Gasteiger partial charge in [0.15, 0.2) is 0 Å². The van der Waals surface area contributed by atoms with Gasteiger partial charge in [-0.1, -0.05) is 48.0 Å². The van der Waals surface area contributed by atoms with Crippen LogP contribution in [0, 0.1) is 11.3 Å². The highest BCUT2D eigenvalue weighted by atomic mass is 14.9. The molecule has 0 heterocycles. The van der Waals surface area contributed by atoms with E-state index in [0.29, 0.717) is 11.5 Å². The first kappa shape index (κ1) is 14.0. The van der Waals surface area contributed by atoms with Gasteiger partial charge in [-0.25, -0.2) is 0 Å². The van der Waals surface area contributed by atoms with Gasteiger partial charge in [-0.05, 0) is 24.2 Å². The smallest absolute Gasteiger partial charge is 0.00125 e. The highest BCUT2D eigenvalue weighted by Crippen LogP contribution is 2.36. The molecule has 1 nitrogen and oxygen atoms in total. The zero-order valence-electron chi connectivity index (χ0n) is 11.0. The normalized spacial score (nSPS) is 14.8. The molecule has 1 heteroatoms. The molecule has 0 aromatic carbocycles. The number of hydrogen-bond donors (Lipinski definition) is 1. The van der Waals surface area contributed by atoms with Crippen molar-refractivity contribution in [2.75, 3.05) is 6.54 Å². The molecule has 0 aromatic rings. The van der Waals surface area contributed by atoms with Crippen molar-refractivity contribution < 1.29 is 0 Å². The van der Waals surface area contributed by atoms with Crippen LogP contribution in [0.3, 0.4) is 0 Å². The highest BCUT2D eigenvalue weighted by Gasteiger charge is 2.31. The standard InChI is InChI=1S/C13H29N/c1-7-12(6)13(8-2,9-3)10-14-11(4)5/h11-12,14H,7-10H2,1-6H3. The Balaban J connectivity index is 4.36. The third-order valence-corrected chi connectivity index (χ3v) is 3.93. The van der Waals surface area contributed by atoms with E-state index in [4.69, 9.17) is 0 Å². The molecular formula is C13H29N. The molecule has 1 atom stereocenters. The van der Waals surface area contributed by atoms with Crippen molar-refractivity contribution in [3.63, 3.8) is 0 Å². The third kappa shape index (κ3) is 3.61.